The fourth-order valence-corrected chi connectivity index (χ4v) is 4.29. The second-order valence-corrected chi connectivity index (χ2v) is 13.4. The Hall–Kier alpha value is -3.77. The first-order valence-electron chi connectivity index (χ1n) is 13.6. The highest BCUT2D eigenvalue weighted by Gasteiger charge is 2.22. The van der Waals surface area contributed by atoms with Crippen molar-refractivity contribution in [2.45, 2.75) is 38.4 Å². The Morgan fingerprint density at radius 2 is 1.73 bits per heavy atom. The van der Waals surface area contributed by atoms with Gasteiger partial charge in [-0.05, 0) is 58.2 Å². The largest absolute Gasteiger partial charge is 0.480 e. The number of rotatable bonds is 12. The van der Waals surface area contributed by atoms with Crippen LogP contribution in [0.4, 0.5) is 17.6 Å². The highest BCUT2D eigenvalue weighted by Crippen LogP contribution is 2.34. The van der Waals surface area contributed by atoms with Gasteiger partial charge in [-0.3, -0.25) is 24.8 Å². The third-order valence-corrected chi connectivity index (χ3v) is 6.62. The molecule has 0 saturated heterocycles. The van der Waals surface area contributed by atoms with Crippen molar-refractivity contribution in [2.24, 2.45) is 0 Å². The average molecular weight is 753 g/mol. The van der Waals surface area contributed by atoms with Crippen molar-refractivity contribution in [3.05, 3.63) is 62.1 Å². The predicted molar refractivity (Wildman–Crippen MR) is 183 cm³/mol. The normalized spacial score (nSPS) is 10.8. The molecule has 1 heterocycles. The van der Waals surface area contributed by atoms with Crippen LogP contribution < -0.4 is 20.7 Å². The number of methoxy groups -OCH3 is 1. The molecule has 0 spiro atoms. The maximum absolute atomic E-state index is 11.6. The van der Waals surface area contributed by atoms with Crippen molar-refractivity contribution in [1.29, 1.82) is 0 Å². The monoisotopic (exact) mass is 751 g/mol. The fourth-order valence-electron chi connectivity index (χ4n) is 3.08. The molecule has 0 unspecified atom stereocenters. The summed E-state index contributed by atoms with van der Waals surface area (Å²) in [5.74, 6) is -0.241. The highest BCUT2D eigenvalue weighted by atomic mass is 35.5. The first-order chi connectivity index (χ1) is 22.3. The summed E-state index contributed by atoms with van der Waals surface area (Å²) in [6.45, 7) is 8.59. The van der Waals surface area contributed by atoms with Crippen LogP contribution in [-0.2, 0) is 14.1 Å². The molecular weight excluding hydrogens is 716 g/mol. The number of carboxylic acid groups (broad SMARTS) is 1. The van der Waals surface area contributed by atoms with E-state index in [9.17, 15) is 24.3 Å². The van der Waals surface area contributed by atoms with Crippen LogP contribution in [0.25, 0.3) is 0 Å². The van der Waals surface area contributed by atoms with Gasteiger partial charge in [-0.1, -0.05) is 35.0 Å². The van der Waals surface area contributed by atoms with Gasteiger partial charge in [-0.15, -0.1) is 0 Å². The lowest BCUT2D eigenvalue weighted by atomic mass is 10.1. The van der Waals surface area contributed by atoms with Gasteiger partial charge in [0.1, 0.15) is 17.1 Å². The van der Waals surface area contributed by atoms with Gasteiger partial charge in [0, 0.05) is 29.2 Å². The van der Waals surface area contributed by atoms with E-state index in [0.717, 1.165) is 24.9 Å². The van der Waals surface area contributed by atoms with Crippen LogP contribution >= 0.6 is 42.6 Å². The molecule has 0 amide bonds. The Balaban J connectivity index is 0.000000389. The zero-order valence-corrected chi connectivity index (χ0v) is 29.9. The van der Waals surface area contributed by atoms with E-state index in [1.165, 1.54) is 30.0 Å². The smallest absolute Gasteiger partial charge is 0.345 e. The van der Waals surface area contributed by atoms with E-state index >= 15 is 0 Å². The number of benzene rings is 2. The number of nitro groups is 1. The number of nitrogens with one attached hydrogen (secondary N) is 3. The van der Waals surface area contributed by atoms with Gasteiger partial charge in [-0.2, -0.15) is 15.0 Å². The summed E-state index contributed by atoms with van der Waals surface area (Å²) in [7, 11) is -2.96. The molecule has 48 heavy (non-hydrogen) atoms. The van der Waals surface area contributed by atoms with Crippen LogP contribution in [0.5, 0.6) is 11.5 Å². The molecule has 0 saturated carbocycles. The molecule has 17 nitrogen and oxygen atoms in total. The van der Waals surface area contributed by atoms with E-state index in [4.69, 9.17) is 42.8 Å². The summed E-state index contributed by atoms with van der Waals surface area (Å²) < 4.78 is 20.1. The first kappa shape index (κ1) is 42.3. The number of carbonyl (C=O) groups excluding carboxylic acids is 1. The Labute approximate surface area is 290 Å². The molecule has 0 radical (unpaired) electrons. The number of esters is 1. The standard InChI is InChI=1S/C14H9Cl2NO5.C10H19N5S.C3H8NO5P/c1-21-14(18)10-7-9(3-4-12(10)17(19)20)22-13-5-2-8(15)6-11(13)16;1-6-11-7-12-8(15-10(2,3)4)14-9(13-7)16-5;5-3(6)1-4-2-10(7,8)9/h2-7H,1H3;6H2,1-5H3,(H2,11,12,13,14,15);4H,1-2H2,(H,5,6)(H2,7,8,9). The van der Waals surface area contributed by atoms with Crippen LogP contribution in [0.15, 0.2) is 41.6 Å². The molecule has 3 aromatic rings. The molecule has 2 aromatic carbocycles. The maximum Gasteiger partial charge on any atom is 0.345 e. The Bertz CT molecular complexity index is 1610. The third kappa shape index (κ3) is 16.9. The van der Waals surface area contributed by atoms with E-state index in [-0.39, 0.29) is 27.6 Å². The zero-order chi connectivity index (χ0) is 36.7. The van der Waals surface area contributed by atoms with Crippen molar-refractivity contribution in [1.82, 2.24) is 20.3 Å². The number of nitro benzene ring substituents is 1. The number of aliphatic carboxylic acids is 1. The molecule has 0 fully saturated rings. The van der Waals surface area contributed by atoms with Crippen molar-refractivity contribution in [3.63, 3.8) is 0 Å². The summed E-state index contributed by atoms with van der Waals surface area (Å²) in [6, 6.07) is 8.35. The van der Waals surface area contributed by atoms with E-state index in [1.807, 2.05) is 13.2 Å². The summed E-state index contributed by atoms with van der Waals surface area (Å²) >= 11 is 13.3. The van der Waals surface area contributed by atoms with E-state index < -0.39 is 37.3 Å². The highest BCUT2D eigenvalue weighted by molar-refractivity contribution is 7.98. The van der Waals surface area contributed by atoms with Crippen LogP contribution in [0.2, 0.25) is 10.0 Å². The van der Waals surface area contributed by atoms with Gasteiger partial charge in [0.15, 0.2) is 5.16 Å². The Morgan fingerprint density at radius 1 is 1.08 bits per heavy atom. The van der Waals surface area contributed by atoms with Gasteiger partial charge in [0.05, 0.1) is 29.9 Å². The van der Waals surface area contributed by atoms with E-state index in [2.05, 4.69) is 56.4 Å². The molecular formula is C27H36Cl2N7O10PS. The third-order valence-electron chi connectivity index (χ3n) is 4.90. The number of hydrogen-bond donors (Lipinski definition) is 6. The summed E-state index contributed by atoms with van der Waals surface area (Å²) in [6.07, 6.45) is 1.35. The number of carbonyl (C=O) groups is 2. The quantitative estimate of drug-likeness (QED) is 0.0439. The van der Waals surface area contributed by atoms with Gasteiger partial charge in [-0.25, -0.2) is 4.79 Å². The second-order valence-electron chi connectivity index (χ2n) is 10.1. The number of ether oxygens (including phenoxy) is 2. The van der Waals surface area contributed by atoms with Crippen molar-refractivity contribution < 1.29 is 43.4 Å². The lowest BCUT2D eigenvalue weighted by molar-refractivity contribution is -0.385. The number of halogens is 2. The first-order valence-corrected chi connectivity index (χ1v) is 17.3. The molecule has 3 rings (SSSR count). The molecule has 0 aliphatic rings. The lowest BCUT2D eigenvalue weighted by Crippen LogP contribution is -2.27. The van der Waals surface area contributed by atoms with Crippen molar-refractivity contribution in [2.75, 3.05) is 43.4 Å². The van der Waals surface area contributed by atoms with Crippen LogP contribution in [-0.4, -0.2) is 85.0 Å². The zero-order valence-electron chi connectivity index (χ0n) is 26.7. The molecule has 1 aromatic heterocycles. The molecule has 0 aliphatic heterocycles. The van der Waals surface area contributed by atoms with Crippen molar-refractivity contribution in [3.8, 4) is 11.5 Å². The molecule has 21 heteroatoms. The van der Waals surface area contributed by atoms with Crippen LogP contribution in [0.1, 0.15) is 38.1 Å². The van der Waals surface area contributed by atoms with Gasteiger partial charge < -0.3 is 35.0 Å². The number of carboxylic acids is 1. The fraction of sp³-hybridized carbons (Fsp3) is 0.370. The minimum Gasteiger partial charge on any atom is -0.480 e. The number of thioether (sulfide) groups is 1. The minimum absolute atomic E-state index is 0.0550. The number of hydrogen-bond acceptors (Lipinski definition) is 14. The SMILES string of the molecule is CCNc1nc(NC(C)(C)C)nc(SC)n1.COC(=O)c1cc(Oc2ccc(Cl)cc2Cl)ccc1[N+](=O)[O-].O=C(O)CNCP(=O)(O)O. The van der Waals surface area contributed by atoms with Gasteiger partial charge in [0.2, 0.25) is 11.9 Å². The van der Waals surface area contributed by atoms with Crippen LogP contribution in [0.3, 0.4) is 0 Å². The summed E-state index contributed by atoms with van der Waals surface area (Å²) in [5, 5.41) is 28.7. The topological polar surface area (TPSA) is 248 Å². The maximum atomic E-state index is 11.6. The van der Waals surface area contributed by atoms with Gasteiger partial charge in [0.25, 0.3) is 5.69 Å². The average Bonchev–Trinajstić information content (AvgIpc) is 2.97. The summed E-state index contributed by atoms with van der Waals surface area (Å²) in [5.41, 5.74) is -0.642. The Morgan fingerprint density at radius 3 is 2.23 bits per heavy atom. The van der Waals surface area contributed by atoms with E-state index in [0.29, 0.717) is 22.7 Å². The number of anilines is 2. The summed E-state index contributed by atoms with van der Waals surface area (Å²) in [4.78, 5) is 60.9. The second kappa shape index (κ2) is 19.9. The van der Waals surface area contributed by atoms with Gasteiger partial charge >= 0.3 is 19.5 Å². The van der Waals surface area contributed by atoms with Crippen molar-refractivity contribution >= 4 is 72.1 Å². The number of nitrogens with zero attached hydrogens (tertiary/aromatic N) is 4. The molecule has 0 aliphatic carbocycles. The molecule has 264 valence electrons. The molecule has 0 bridgehead atoms. The predicted octanol–water partition coefficient (Wildman–Crippen LogP) is 5.51. The Kier molecular flexibility index (Phi) is 17.5. The number of aromatic nitrogens is 3. The van der Waals surface area contributed by atoms with Crippen LogP contribution in [0, 0.1) is 10.1 Å². The molecule has 0 atom stereocenters. The minimum atomic E-state index is -4.10. The molecule has 6 N–H and O–H groups in total. The lowest BCUT2D eigenvalue weighted by Gasteiger charge is -2.20. The van der Waals surface area contributed by atoms with E-state index in [1.54, 1.807) is 12.1 Å².